The fourth-order valence-corrected chi connectivity index (χ4v) is 5.20. The van der Waals surface area contributed by atoms with E-state index in [1.165, 1.54) is 17.3 Å². The van der Waals surface area contributed by atoms with E-state index in [2.05, 4.69) is 39.0 Å². The molecule has 0 atom stereocenters. The second kappa shape index (κ2) is 10.9. The van der Waals surface area contributed by atoms with Gasteiger partial charge in [-0.2, -0.15) is 0 Å². The van der Waals surface area contributed by atoms with Crippen LogP contribution in [0.1, 0.15) is 43.0 Å². The predicted molar refractivity (Wildman–Crippen MR) is 154 cm³/mol. The molecule has 1 aliphatic rings. The molecule has 0 saturated carbocycles. The molecule has 0 bridgehead atoms. The fraction of sp³-hybridized carbons (Fsp3) is 0.267. The molecule has 0 unspecified atom stereocenters. The first-order valence-electron chi connectivity index (χ1n) is 11.9. The number of thiocarbonyl (C=S) groups is 1. The Kier molecular flexibility index (Phi) is 7.86. The van der Waals surface area contributed by atoms with Crippen molar-refractivity contribution in [3.63, 3.8) is 0 Å². The lowest BCUT2D eigenvalue weighted by molar-refractivity contribution is -0.113. The number of rotatable bonds is 7. The summed E-state index contributed by atoms with van der Waals surface area (Å²) in [6, 6.07) is 21.9. The van der Waals surface area contributed by atoms with Crippen LogP contribution in [-0.2, 0) is 10.2 Å². The number of hydrogen-bond acceptors (Lipinski definition) is 5. The number of nitrogens with zero attached hydrogens (tertiary/aromatic N) is 1. The number of carbonyl (C=O) groups is 1. The zero-order chi connectivity index (χ0) is 25.9. The third-order valence-electron chi connectivity index (χ3n) is 5.91. The Balaban J connectivity index is 1.32. The number of aryl methyl sites for hydroxylation is 2. The molecule has 0 radical (unpaired) electrons. The molecule has 0 aliphatic carbocycles. The number of ether oxygens (including phenoxy) is 2. The first-order valence-corrected chi connectivity index (χ1v) is 13.2. The highest BCUT2D eigenvalue weighted by Gasteiger charge is 2.34. The molecule has 1 fully saturated rings. The van der Waals surface area contributed by atoms with Crippen molar-refractivity contribution in [3.05, 3.63) is 93.9 Å². The first-order chi connectivity index (χ1) is 17.1. The minimum absolute atomic E-state index is 0.0926. The van der Waals surface area contributed by atoms with Crippen LogP contribution in [0.5, 0.6) is 11.5 Å². The van der Waals surface area contributed by atoms with Crippen LogP contribution in [0.4, 0.5) is 5.69 Å². The van der Waals surface area contributed by atoms with Crippen molar-refractivity contribution in [1.82, 2.24) is 0 Å². The van der Waals surface area contributed by atoms with Crippen molar-refractivity contribution in [1.29, 1.82) is 0 Å². The normalized spacial score (nSPS) is 15.0. The van der Waals surface area contributed by atoms with Gasteiger partial charge in [-0.25, -0.2) is 0 Å². The van der Waals surface area contributed by atoms with E-state index in [4.69, 9.17) is 21.7 Å². The topological polar surface area (TPSA) is 38.8 Å². The molecule has 186 valence electrons. The van der Waals surface area contributed by atoms with Gasteiger partial charge in [0.2, 0.25) is 0 Å². The van der Waals surface area contributed by atoms with Gasteiger partial charge in [0.25, 0.3) is 5.91 Å². The molecule has 3 aromatic carbocycles. The van der Waals surface area contributed by atoms with Crippen molar-refractivity contribution in [2.24, 2.45) is 0 Å². The highest BCUT2D eigenvalue weighted by atomic mass is 32.2. The van der Waals surface area contributed by atoms with Gasteiger partial charge in [0.05, 0.1) is 10.6 Å². The lowest BCUT2D eigenvalue weighted by Gasteiger charge is -2.19. The summed E-state index contributed by atoms with van der Waals surface area (Å²) >= 11 is 6.85. The largest absolute Gasteiger partial charge is 0.490 e. The van der Waals surface area contributed by atoms with E-state index in [9.17, 15) is 4.79 Å². The molecule has 0 N–H and O–H groups in total. The summed E-state index contributed by atoms with van der Waals surface area (Å²) in [6.45, 7) is 11.5. The summed E-state index contributed by atoms with van der Waals surface area (Å²) in [5.41, 5.74) is 5.33. The van der Waals surface area contributed by atoms with Crippen molar-refractivity contribution in [2.45, 2.75) is 40.0 Å². The zero-order valence-corrected chi connectivity index (χ0v) is 23.0. The third kappa shape index (κ3) is 6.18. The molecule has 0 spiro atoms. The van der Waals surface area contributed by atoms with Crippen LogP contribution in [0.2, 0.25) is 0 Å². The van der Waals surface area contributed by atoms with Crippen LogP contribution in [-0.4, -0.2) is 23.4 Å². The monoisotopic (exact) mass is 517 g/mol. The Morgan fingerprint density at radius 1 is 0.889 bits per heavy atom. The molecular weight excluding hydrogens is 486 g/mol. The van der Waals surface area contributed by atoms with Gasteiger partial charge in [-0.3, -0.25) is 9.69 Å². The minimum Gasteiger partial charge on any atom is -0.490 e. The standard InChI is InChI=1S/C30H31NO3S2/c1-20-6-15-26(21(2)18-20)31-28(32)27(36-29(31)35)19-22-7-11-24(12-8-22)33-16-17-34-25-13-9-23(10-14-25)30(3,4)5/h6-15,18-19H,16-17H2,1-5H3/b27-19+. The van der Waals surface area contributed by atoms with E-state index >= 15 is 0 Å². The third-order valence-corrected chi connectivity index (χ3v) is 7.21. The van der Waals surface area contributed by atoms with Gasteiger partial charge in [-0.15, -0.1) is 0 Å². The molecule has 4 rings (SSSR count). The quantitative estimate of drug-likeness (QED) is 0.185. The first kappa shape index (κ1) is 26.0. The number of amides is 1. The average molecular weight is 518 g/mol. The van der Waals surface area contributed by atoms with E-state index in [-0.39, 0.29) is 11.3 Å². The number of anilines is 1. The van der Waals surface area contributed by atoms with Crippen molar-refractivity contribution in [2.75, 3.05) is 18.1 Å². The summed E-state index contributed by atoms with van der Waals surface area (Å²) in [7, 11) is 0. The van der Waals surface area contributed by atoms with Gasteiger partial charge in [0.15, 0.2) is 4.32 Å². The summed E-state index contributed by atoms with van der Waals surface area (Å²) in [6.07, 6.45) is 1.87. The van der Waals surface area contributed by atoms with E-state index in [0.717, 1.165) is 33.9 Å². The Morgan fingerprint density at radius 2 is 1.47 bits per heavy atom. The van der Waals surface area contributed by atoms with E-state index < -0.39 is 0 Å². The fourth-order valence-electron chi connectivity index (χ4n) is 3.91. The lowest BCUT2D eigenvalue weighted by atomic mass is 9.87. The molecule has 4 nitrogen and oxygen atoms in total. The molecular formula is C30H31NO3S2. The molecule has 3 aromatic rings. The van der Waals surface area contributed by atoms with E-state index in [0.29, 0.717) is 22.4 Å². The summed E-state index contributed by atoms with van der Waals surface area (Å²) in [4.78, 5) is 15.3. The Labute approximate surface area is 223 Å². The maximum absolute atomic E-state index is 13.1. The number of benzene rings is 3. The molecule has 1 heterocycles. The van der Waals surface area contributed by atoms with Crippen LogP contribution in [0, 0.1) is 13.8 Å². The van der Waals surface area contributed by atoms with E-state index in [1.54, 1.807) is 4.90 Å². The zero-order valence-electron chi connectivity index (χ0n) is 21.3. The van der Waals surface area contributed by atoms with Crippen LogP contribution in [0.3, 0.4) is 0 Å². The molecule has 0 aromatic heterocycles. The van der Waals surface area contributed by atoms with Gasteiger partial charge in [-0.1, -0.05) is 86.7 Å². The second-order valence-electron chi connectivity index (χ2n) is 9.85. The Hall–Kier alpha value is -3.09. The van der Waals surface area contributed by atoms with Gasteiger partial charge >= 0.3 is 0 Å². The highest BCUT2D eigenvalue weighted by molar-refractivity contribution is 8.27. The highest BCUT2D eigenvalue weighted by Crippen LogP contribution is 2.37. The summed E-state index contributed by atoms with van der Waals surface area (Å²) in [5.74, 6) is 1.49. The lowest BCUT2D eigenvalue weighted by Crippen LogP contribution is -2.28. The predicted octanol–water partition coefficient (Wildman–Crippen LogP) is 7.46. The Morgan fingerprint density at radius 3 is 2.03 bits per heavy atom. The molecule has 1 aliphatic heterocycles. The van der Waals surface area contributed by atoms with Gasteiger partial charge in [0.1, 0.15) is 24.7 Å². The van der Waals surface area contributed by atoms with Gasteiger partial charge < -0.3 is 9.47 Å². The second-order valence-corrected chi connectivity index (χ2v) is 11.5. The average Bonchev–Trinajstić information content (AvgIpc) is 3.10. The van der Waals surface area contributed by atoms with Crippen molar-refractivity contribution < 1.29 is 14.3 Å². The van der Waals surface area contributed by atoms with E-state index in [1.807, 2.05) is 68.5 Å². The Bertz CT molecular complexity index is 1290. The summed E-state index contributed by atoms with van der Waals surface area (Å²) in [5, 5.41) is 0. The van der Waals surface area contributed by atoms with Crippen molar-refractivity contribution in [3.8, 4) is 11.5 Å². The molecule has 36 heavy (non-hydrogen) atoms. The maximum Gasteiger partial charge on any atom is 0.270 e. The molecule has 1 saturated heterocycles. The van der Waals surface area contributed by atoms with Crippen LogP contribution in [0.15, 0.2) is 71.6 Å². The number of hydrogen-bond donors (Lipinski definition) is 0. The smallest absolute Gasteiger partial charge is 0.270 e. The van der Waals surface area contributed by atoms with Gasteiger partial charge in [-0.05, 0) is 72.4 Å². The number of carbonyl (C=O) groups excluding carboxylic acids is 1. The van der Waals surface area contributed by atoms with Crippen LogP contribution in [0.25, 0.3) is 6.08 Å². The number of thioether (sulfide) groups is 1. The minimum atomic E-state index is -0.0926. The van der Waals surface area contributed by atoms with Crippen LogP contribution >= 0.6 is 24.0 Å². The van der Waals surface area contributed by atoms with Crippen LogP contribution < -0.4 is 14.4 Å². The van der Waals surface area contributed by atoms with Gasteiger partial charge in [0, 0.05) is 0 Å². The summed E-state index contributed by atoms with van der Waals surface area (Å²) < 4.78 is 12.2. The van der Waals surface area contributed by atoms with Crippen molar-refractivity contribution >= 4 is 46.0 Å². The molecule has 6 heteroatoms. The molecule has 1 amide bonds. The maximum atomic E-state index is 13.1. The SMILES string of the molecule is Cc1ccc(N2C(=O)/C(=C\c3ccc(OCCOc4ccc(C(C)(C)C)cc4)cc3)SC2=S)c(C)c1.